The van der Waals surface area contributed by atoms with E-state index >= 15 is 0 Å². The third-order valence-electron chi connectivity index (χ3n) is 3.87. The molecule has 1 aliphatic rings. The van der Waals surface area contributed by atoms with Crippen molar-refractivity contribution >= 4 is 17.4 Å². The molecule has 0 aliphatic heterocycles. The van der Waals surface area contributed by atoms with Gasteiger partial charge in [0.1, 0.15) is 0 Å². The van der Waals surface area contributed by atoms with Crippen LogP contribution in [0.4, 0.5) is 0 Å². The second-order valence-electron chi connectivity index (χ2n) is 5.35. The molecule has 0 atom stereocenters. The van der Waals surface area contributed by atoms with E-state index in [1.165, 1.54) is 44.9 Å². The van der Waals surface area contributed by atoms with E-state index in [-0.39, 0.29) is 5.78 Å². The maximum atomic E-state index is 12.2. The lowest BCUT2D eigenvalue weighted by Gasteiger charge is -2.18. The molecule has 0 heterocycles. The maximum absolute atomic E-state index is 12.2. The van der Waals surface area contributed by atoms with Crippen LogP contribution in [0.3, 0.4) is 0 Å². The Labute approximate surface area is 115 Å². The number of ketones is 1. The third kappa shape index (κ3) is 4.13. The van der Waals surface area contributed by atoms with Crippen LogP contribution in [0.15, 0.2) is 24.3 Å². The molecule has 18 heavy (non-hydrogen) atoms. The second kappa shape index (κ2) is 6.94. The number of Topliss-reactive ketones (excluding diaryl/α,β-unsaturated/α-hetero) is 1. The molecule has 0 unspecified atom stereocenters. The lowest BCUT2D eigenvalue weighted by molar-refractivity contribution is 0.0953. The standard InChI is InChI=1S/C16H21ClO/c17-15-10-8-14(9-11-15)16(18)12-13-6-4-2-1-3-5-7-13/h8-11,13H,1-7,12H2. The van der Waals surface area contributed by atoms with Gasteiger partial charge >= 0.3 is 0 Å². The predicted octanol–water partition coefficient (Wildman–Crippen LogP) is 5.27. The fourth-order valence-electron chi connectivity index (χ4n) is 2.76. The lowest BCUT2D eigenvalue weighted by Crippen LogP contribution is -2.10. The topological polar surface area (TPSA) is 17.1 Å². The third-order valence-corrected chi connectivity index (χ3v) is 4.12. The minimum Gasteiger partial charge on any atom is -0.294 e. The molecule has 0 aromatic heterocycles. The highest BCUT2D eigenvalue weighted by atomic mass is 35.5. The monoisotopic (exact) mass is 264 g/mol. The Morgan fingerprint density at radius 1 is 1.00 bits per heavy atom. The van der Waals surface area contributed by atoms with E-state index in [9.17, 15) is 4.79 Å². The molecule has 0 saturated heterocycles. The molecule has 98 valence electrons. The fourth-order valence-corrected chi connectivity index (χ4v) is 2.89. The molecule has 0 N–H and O–H groups in total. The van der Waals surface area contributed by atoms with Crippen molar-refractivity contribution in [3.05, 3.63) is 34.9 Å². The summed E-state index contributed by atoms with van der Waals surface area (Å²) in [5, 5.41) is 0.692. The molecule has 1 aliphatic carbocycles. The number of hydrogen-bond acceptors (Lipinski definition) is 1. The molecule has 0 bridgehead atoms. The van der Waals surface area contributed by atoms with Crippen molar-refractivity contribution in [1.82, 2.24) is 0 Å². The van der Waals surface area contributed by atoms with Gasteiger partial charge in [-0.15, -0.1) is 0 Å². The van der Waals surface area contributed by atoms with Crippen LogP contribution in [0.25, 0.3) is 0 Å². The van der Waals surface area contributed by atoms with E-state index < -0.39 is 0 Å². The molecule has 2 rings (SSSR count). The SMILES string of the molecule is O=C(CC1CCCCCCC1)c1ccc(Cl)cc1. The van der Waals surface area contributed by atoms with Crippen LogP contribution in [0.5, 0.6) is 0 Å². The van der Waals surface area contributed by atoms with Crippen molar-refractivity contribution in [2.45, 2.75) is 51.4 Å². The van der Waals surface area contributed by atoms with Gasteiger partial charge in [0, 0.05) is 17.0 Å². The highest BCUT2D eigenvalue weighted by Crippen LogP contribution is 2.26. The van der Waals surface area contributed by atoms with E-state index in [2.05, 4.69) is 0 Å². The Morgan fingerprint density at radius 3 is 2.17 bits per heavy atom. The lowest BCUT2D eigenvalue weighted by atomic mass is 9.86. The van der Waals surface area contributed by atoms with E-state index in [1.54, 1.807) is 12.1 Å². The number of carbonyl (C=O) groups excluding carboxylic acids is 1. The van der Waals surface area contributed by atoms with Gasteiger partial charge in [0.2, 0.25) is 0 Å². The van der Waals surface area contributed by atoms with Crippen molar-refractivity contribution in [2.75, 3.05) is 0 Å². The molecule has 1 fully saturated rings. The zero-order valence-electron chi connectivity index (χ0n) is 10.8. The van der Waals surface area contributed by atoms with Gasteiger partial charge in [0.15, 0.2) is 5.78 Å². The zero-order chi connectivity index (χ0) is 12.8. The summed E-state index contributed by atoms with van der Waals surface area (Å²) < 4.78 is 0. The number of hydrogen-bond donors (Lipinski definition) is 0. The molecular formula is C16H21ClO. The average molecular weight is 265 g/mol. The predicted molar refractivity (Wildman–Crippen MR) is 76.2 cm³/mol. The average Bonchev–Trinajstić information content (AvgIpc) is 2.33. The quantitative estimate of drug-likeness (QED) is 0.680. The molecule has 0 radical (unpaired) electrons. The normalized spacial score (nSPS) is 18.1. The van der Waals surface area contributed by atoms with Crippen molar-refractivity contribution in [2.24, 2.45) is 5.92 Å². The van der Waals surface area contributed by atoms with Crippen LogP contribution >= 0.6 is 11.6 Å². The molecule has 0 amide bonds. The van der Waals surface area contributed by atoms with Gasteiger partial charge in [-0.2, -0.15) is 0 Å². The molecule has 2 heteroatoms. The van der Waals surface area contributed by atoms with Gasteiger partial charge in [-0.25, -0.2) is 0 Å². The summed E-state index contributed by atoms with van der Waals surface area (Å²) in [4.78, 5) is 12.2. The van der Waals surface area contributed by atoms with Gasteiger partial charge in [0.25, 0.3) is 0 Å². The van der Waals surface area contributed by atoms with E-state index in [1.807, 2.05) is 12.1 Å². The molecule has 1 aromatic rings. The van der Waals surface area contributed by atoms with E-state index in [0.29, 0.717) is 17.4 Å². The summed E-state index contributed by atoms with van der Waals surface area (Å²) in [6.45, 7) is 0. The van der Waals surface area contributed by atoms with Crippen molar-refractivity contribution in [1.29, 1.82) is 0 Å². The summed E-state index contributed by atoms with van der Waals surface area (Å²) in [5.74, 6) is 0.866. The second-order valence-corrected chi connectivity index (χ2v) is 5.78. The summed E-state index contributed by atoms with van der Waals surface area (Å²) >= 11 is 5.84. The number of carbonyl (C=O) groups is 1. The van der Waals surface area contributed by atoms with Crippen LogP contribution in [0.1, 0.15) is 61.7 Å². The van der Waals surface area contributed by atoms with Gasteiger partial charge in [-0.1, -0.05) is 56.5 Å². The molecule has 0 spiro atoms. The Kier molecular flexibility index (Phi) is 5.25. The van der Waals surface area contributed by atoms with Gasteiger partial charge in [-0.3, -0.25) is 4.79 Å². The molecule has 1 aromatic carbocycles. The highest BCUT2D eigenvalue weighted by molar-refractivity contribution is 6.30. The fraction of sp³-hybridized carbons (Fsp3) is 0.562. The first-order valence-corrected chi connectivity index (χ1v) is 7.42. The zero-order valence-corrected chi connectivity index (χ0v) is 11.6. The van der Waals surface area contributed by atoms with E-state index in [0.717, 1.165) is 5.56 Å². The van der Waals surface area contributed by atoms with Crippen LogP contribution in [-0.2, 0) is 0 Å². The minimum atomic E-state index is 0.275. The van der Waals surface area contributed by atoms with Crippen LogP contribution in [0.2, 0.25) is 5.02 Å². The van der Waals surface area contributed by atoms with Crippen molar-refractivity contribution < 1.29 is 4.79 Å². The summed E-state index contributed by atoms with van der Waals surface area (Å²) in [7, 11) is 0. The molecule has 1 saturated carbocycles. The number of benzene rings is 1. The largest absolute Gasteiger partial charge is 0.294 e. The number of rotatable bonds is 3. The first-order chi connectivity index (χ1) is 8.75. The molecular weight excluding hydrogens is 244 g/mol. The van der Waals surface area contributed by atoms with E-state index in [4.69, 9.17) is 11.6 Å². The first-order valence-electron chi connectivity index (χ1n) is 7.04. The summed E-state index contributed by atoms with van der Waals surface area (Å²) in [5.41, 5.74) is 0.807. The summed E-state index contributed by atoms with van der Waals surface area (Å²) in [6.07, 6.45) is 9.78. The van der Waals surface area contributed by atoms with Crippen LogP contribution in [-0.4, -0.2) is 5.78 Å². The van der Waals surface area contributed by atoms with Gasteiger partial charge in [0.05, 0.1) is 0 Å². The van der Waals surface area contributed by atoms with Crippen LogP contribution in [0, 0.1) is 5.92 Å². The smallest absolute Gasteiger partial charge is 0.163 e. The Morgan fingerprint density at radius 2 is 1.56 bits per heavy atom. The van der Waals surface area contributed by atoms with Gasteiger partial charge < -0.3 is 0 Å². The van der Waals surface area contributed by atoms with Crippen molar-refractivity contribution in [3.8, 4) is 0 Å². The van der Waals surface area contributed by atoms with Crippen molar-refractivity contribution in [3.63, 3.8) is 0 Å². The summed E-state index contributed by atoms with van der Waals surface area (Å²) in [6, 6.07) is 7.28. The van der Waals surface area contributed by atoms with Gasteiger partial charge in [-0.05, 0) is 30.2 Å². The first kappa shape index (κ1) is 13.6. The number of halogens is 1. The minimum absolute atomic E-state index is 0.275. The Bertz CT molecular complexity index is 375. The maximum Gasteiger partial charge on any atom is 0.163 e. The Balaban J connectivity index is 1.91. The highest BCUT2D eigenvalue weighted by Gasteiger charge is 2.16. The van der Waals surface area contributed by atoms with Crippen LogP contribution < -0.4 is 0 Å². The Hall–Kier alpha value is -0.820. The molecule has 1 nitrogen and oxygen atoms in total.